The van der Waals surface area contributed by atoms with Crippen molar-refractivity contribution in [1.82, 2.24) is 10.2 Å². The van der Waals surface area contributed by atoms with Gasteiger partial charge in [0.15, 0.2) is 0 Å². The number of piperidine rings is 1. The van der Waals surface area contributed by atoms with Crippen LogP contribution in [0, 0.1) is 0 Å². The fraction of sp³-hybridized carbons (Fsp3) is 1.00. The average Bonchev–Trinajstić information content (AvgIpc) is 2.28. The van der Waals surface area contributed by atoms with Crippen molar-refractivity contribution in [3.05, 3.63) is 0 Å². The lowest BCUT2D eigenvalue weighted by atomic mass is 10.0. The lowest BCUT2D eigenvalue weighted by Gasteiger charge is -2.33. The number of halogens is 3. The summed E-state index contributed by atoms with van der Waals surface area (Å²) in [4.78, 5) is 2.49. The Labute approximate surface area is 108 Å². The van der Waals surface area contributed by atoms with Gasteiger partial charge in [-0.05, 0) is 58.8 Å². The number of nitrogens with one attached hydrogen (secondary N) is 1. The van der Waals surface area contributed by atoms with Gasteiger partial charge in [-0.15, -0.1) is 0 Å². The number of hydrogen-bond donors (Lipinski definition) is 1. The second-order valence-corrected chi connectivity index (χ2v) is 5.20. The molecule has 0 saturated carbocycles. The van der Waals surface area contributed by atoms with E-state index in [1.807, 2.05) is 0 Å². The summed E-state index contributed by atoms with van der Waals surface area (Å²) in [6.45, 7) is 5.79. The van der Waals surface area contributed by atoms with E-state index in [-0.39, 0.29) is 6.42 Å². The molecule has 1 unspecified atom stereocenters. The third-order valence-electron chi connectivity index (χ3n) is 3.55. The van der Waals surface area contributed by atoms with Crippen LogP contribution in [0.5, 0.6) is 0 Å². The van der Waals surface area contributed by atoms with E-state index >= 15 is 0 Å². The highest BCUT2D eigenvalue weighted by atomic mass is 19.4. The molecule has 18 heavy (non-hydrogen) atoms. The molecule has 0 radical (unpaired) electrons. The molecule has 1 N–H and O–H groups in total. The van der Waals surface area contributed by atoms with Gasteiger partial charge in [-0.1, -0.05) is 6.42 Å². The van der Waals surface area contributed by atoms with E-state index in [2.05, 4.69) is 17.1 Å². The Morgan fingerprint density at radius 1 is 1.17 bits per heavy atom. The molecular weight excluding hydrogens is 241 g/mol. The monoisotopic (exact) mass is 266 g/mol. The smallest absolute Gasteiger partial charge is 0.317 e. The van der Waals surface area contributed by atoms with E-state index in [4.69, 9.17) is 0 Å². The number of alkyl halides is 3. The lowest BCUT2D eigenvalue weighted by Crippen LogP contribution is -2.38. The van der Waals surface area contributed by atoms with Crippen LogP contribution in [0.4, 0.5) is 13.2 Å². The number of rotatable bonds is 7. The zero-order chi connectivity index (χ0) is 13.4. The second-order valence-electron chi connectivity index (χ2n) is 5.20. The van der Waals surface area contributed by atoms with Crippen molar-refractivity contribution in [2.45, 2.75) is 57.7 Å². The summed E-state index contributed by atoms with van der Waals surface area (Å²) in [6, 6.07) is 0.670. The average molecular weight is 266 g/mol. The van der Waals surface area contributed by atoms with Crippen LogP contribution in [0.3, 0.4) is 0 Å². The van der Waals surface area contributed by atoms with Crippen LogP contribution >= 0.6 is 0 Å². The van der Waals surface area contributed by atoms with E-state index in [1.165, 1.54) is 25.8 Å². The molecule has 1 aliphatic rings. The molecule has 1 fully saturated rings. The van der Waals surface area contributed by atoms with Gasteiger partial charge in [0.25, 0.3) is 0 Å². The topological polar surface area (TPSA) is 15.3 Å². The van der Waals surface area contributed by atoms with Gasteiger partial charge in [0.2, 0.25) is 0 Å². The molecule has 0 aliphatic carbocycles. The Balaban J connectivity index is 1.92. The van der Waals surface area contributed by atoms with Crippen LogP contribution < -0.4 is 5.32 Å². The minimum absolute atomic E-state index is 0.184. The zero-order valence-corrected chi connectivity index (χ0v) is 11.2. The van der Waals surface area contributed by atoms with Crippen LogP contribution in [-0.4, -0.2) is 43.3 Å². The first kappa shape index (κ1) is 15.8. The highest BCUT2D eigenvalue weighted by molar-refractivity contribution is 4.72. The molecule has 0 aromatic rings. The molecule has 1 aliphatic heterocycles. The molecule has 1 rings (SSSR count). The van der Waals surface area contributed by atoms with Crippen molar-refractivity contribution >= 4 is 0 Å². The Hall–Kier alpha value is -0.290. The highest BCUT2D eigenvalue weighted by Gasteiger charge is 2.25. The van der Waals surface area contributed by atoms with Crippen molar-refractivity contribution in [2.24, 2.45) is 0 Å². The predicted octanol–water partition coefficient (Wildman–Crippen LogP) is 3.18. The molecule has 1 saturated heterocycles. The molecule has 1 heterocycles. The van der Waals surface area contributed by atoms with E-state index < -0.39 is 12.6 Å². The van der Waals surface area contributed by atoms with E-state index in [0.717, 1.165) is 19.5 Å². The summed E-state index contributed by atoms with van der Waals surface area (Å²) >= 11 is 0. The van der Waals surface area contributed by atoms with Gasteiger partial charge in [-0.25, -0.2) is 0 Å². The Morgan fingerprint density at radius 3 is 2.56 bits per heavy atom. The van der Waals surface area contributed by atoms with Gasteiger partial charge >= 0.3 is 6.18 Å². The molecule has 108 valence electrons. The number of nitrogens with zero attached hydrogens (tertiary/aromatic N) is 1. The first-order chi connectivity index (χ1) is 8.49. The SMILES string of the molecule is CC1CCCCN1CCCNCCCC(F)(F)F. The van der Waals surface area contributed by atoms with Crippen molar-refractivity contribution < 1.29 is 13.2 Å². The van der Waals surface area contributed by atoms with Crippen molar-refractivity contribution in [3.63, 3.8) is 0 Å². The number of hydrogen-bond acceptors (Lipinski definition) is 2. The summed E-state index contributed by atoms with van der Waals surface area (Å²) in [5, 5.41) is 3.09. The summed E-state index contributed by atoms with van der Waals surface area (Å²) < 4.78 is 35.6. The van der Waals surface area contributed by atoms with Gasteiger partial charge in [0.05, 0.1) is 0 Å². The quantitative estimate of drug-likeness (QED) is 0.712. The standard InChI is InChI=1S/C13H25F3N2/c1-12-6-2-3-10-18(12)11-5-9-17-8-4-7-13(14,15)16/h12,17H,2-11H2,1H3. The van der Waals surface area contributed by atoms with Crippen LogP contribution in [0.15, 0.2) is 0 Å². The lowest BCUT2D eigenvalue weighted by molar-refractivity contribution is -0.135. The Kier molecular flexibility index (Phi) is 7.00. The van der Waals surface area contributed by atoms with Gasteiger partial charge in [-0.2, -0.15) is 13.2 Å². The summed E-state index contributed by atoms with van der Waals surface area (Å²) in [5.74, 6) is 0. The zero-order valence-electron chi connectivity index (χ0n) is 11.2. The largest absolute Gasteiger partial charge is 0.389 e. The summed E-state index contributed by atoms with van der Waals surface area (Å²) in [7, 11) is 0. The predicted molar refractivity (Wildman–Crippen MR) is 67.7 cm³/mol. The van der Waals surface area contributed by atoms with Gasteiger partial charge < -0.3 is 10.2 Å². The van der Waals surface area contributed by atoms with Crippen LogP contribution in [0.1, 0.15) is 45.4 Å². The molecule has 0 aromatic carbocycles. The Morgan fingerprint density at radius 2 is 1.89 bits per heavy atom. The first-order valence-corrected chi connectivity index (χ1v) is 7.00. The Bertz CT molecular complexity index is 219. The highest BCUT2D eigenvalue weighted by Crippen LogP contribution is 2.20. The fourth-order valence-electron chi connectivity index (χ4n) is 2.44. The van der Waals surface area contributed by atoms with Crippen LogP contribution in [0.25, 0.3) is 0 Å². The minimum Gasteiger partial charge on any atom is -0.317 e. The summed E-state index contributed by atoms with van der Waals surface area (Å²) in [6.07, 6.45) is 0.407. The van der Waals surface area contributed by atoms with Crippen molar-refractivity contribution in [2.75, 3.05) is 26.2 Å². The van der Waals surface area contributed by atoms with Crippen molar-refractivity contribution in [1.29, 1.82) is 0 Å². The first-order valence-electron chi connectivity index (χ1n) is 7.00. The van der Waals surface area contributed by atoms with E-state index in [9.17, 15) is 13.2 Å². The molecule has 0 bridgehead atoms. The van der Waals surface area contributed by atoms with Crippen LogP contribution in [0.2, 0.25) is 0 Å². The van der Waals surface area contributed by atoms with Gasteiger partial charge in [0, 0.05) is 12.5 Å². The third-order valence-corrected chi connectivity index (χ3v) is 3.55. The fourth-order valence-corrected chi connectivity index (χ4v) is 2.44. The van der Waals surface area contributed by atoms with E-state index in [1.54, 1.807) is 0 Å². The number of likely N-dealkylation sites (tertiary alicyclic amines) is 1. The minimum atomic E-state index is -4.01. The molecule has 2 nitrogen and oxygen atoms in total. The maximum atomic E-state index is 11.9. The second kappa shape index (κ2) is 8.00. The molecule has 5 heteroatoms. The normalized spacial score (nSPS) is 22.3. The van der Waals surface area contributed by atoms with E-state index in [0.29, 0.717) is 12.6 Å². The molecule has 0 amide bonds. The summed E-state index contributed by atoms with van der Waals surface area (Å²) in [5.41, 5.74) is 0. The maximum Gasteiger partial charge on any atom is 0.389 e. The van der Waals surface area contributed by atoms with Crippen LogP contribution in [-0.2, 0) is 0 Å². The van der Waals surface area contributed by atoms with Crippen molar-refractivity contribution in [3.8, 4) is 0 Å². The van der Waals surface area contributed by atoms with Gasteiger partial charge in [0.1, 0.15) is 0 Å². The molecule has 0 spiro atoms. The molecular formula is C13H25F3N2. The van der Waals surface area contributed by atoms with Gasteiger partial charge in [-0.3, -0.25) is 0 Å². The molecule has 0 aromatic heterocycles. The maximum absolute atomic E-state index is 11.9. The third kappa shape index (κ3) is 7.21. The molecule has 1 atom stereocenters.